The van der Waals surface area contributed by atoms with Gasteiger partial charge >= 0.3 is 12.2 Å². The molecule has 0 unspecified atom stereocenters. The van der Waals surface area contributed by atoms with E-state index in [0.29, 0.717) is 11.4 Å². The van der Waals surface area contributed by atoms with Gasteiger partial charge in [-0.15, -0.1) is 0 Å². The van der Waals surface area contributed by atoms with Crippen LogP contribution in [0, 0.1) is 0 Å². The Labute approximate surface area is 135 Å². The van der Waals surface area contributed by atoms with E-state index in [-0.39, 0.29) is 11.8 Å². The number of benzene rings is 1. The van der Waals surface area contributed by atoms with Crippen LogP contribution in [-0.4, -0.2) is 15.0 Å². The molecule has 0 spiro atoms. The van der Waals surface area contributed by atoms with Gasteiger partial charge in [0.25, 0.3) is 0 Å². The highest BCUT2D eigenvalue weighted by Gasteiger charge is 2.30. The number of rotatable bonds is 3. The van der Waals surface area contributed by atoms with E-state index in [9.17, 15) is 13.2 Å². The van der Waals surface area contributed by atoms with Crippen molar-refractivity contribution in [2.24, 2.45) is 0 Å². The zero-order chi connectivity index (χ0) is 17.2. The molecule has 24 heavy (non-hydrogen) atoms. The number of aromatic nitrogens is 3. The molecule has 2 heterocycles. The lowest BCUT2D eigenvalue weighted by atomic mass is 10.1. The van der Waals surface area contributed by atoms with Crippen LogP contribution in [0.25, 0.3) is 11.1 Å². The van der Waals surface area contributed by atoms with E-state index in [4.69, 9.17) is 10.5 Å². The smallest absolute Gasteiger partial charge is 0.416 e. The molecule has 1 aromatic carbocycles. The summed E-state index contributed by atoms with van der Waals surface area (Å²) in [4.78, 5) is 11.9. The Morgan fingerprint density at radius 3 is 2.33 bits per heavy atom. The monoisotopic (exact) mass is 332 g/mol. The van der Waals surface area contributed by atoms with Crippen LogP contribution in [0.5, 0.6) is 11.8 Å². The second kappa shape index (κ2) is 6.15. The third kappa shape index (κ3) is 3.60. The number of anilines is 1. The van der Waals surface area contributed by atoms with E-state index >= 15 is 0 Å². The first-order valence-corrected chi connectivity index (χ1v) is 6.81. The first-order valence-electron chi connectivity index (χ1n) is 6.81. The van der Waals surface area contributed by atoms with Crippen LogP contribution in [-0.2, 0) is 6.18 Å². The fraction of sp³-hybridized carbons (Fsp3) is 0.0625. The van der Waals surface area contributed by atoms with Gasteiger partial charge in [-0.1, -0.05) is 6.07 Å². The van der Waals surface area contributed by atoms with Gasteiger partial charge in [-0.25, -0.2) is 15.0 Å². The molecule has 2 N–H and O–H groups in total. The van der Waals surface area contributed by atoms with E-state index in [0.717, 1.165) is 17.7 Å². The number of ether oxygens (including phenoxy) is 1. The Morgan fingerprint density at radius 1 is 0.917 bits per heavy atom. The first-order chi connectivity index (χ1) is 11.4. The Balaban J connectivity index is 1.80. The van der Waals surface area contributed by atoms with Crippen molar-refractivity contribution in [2.75, 3.05) is 5.73 Å². The number of pyridine rings is 1. The molecule has 0 atom stereocenters. The molecule has 3 rings (SSSR count). The highest BCUT2D eigenvalue weighted by atomic mass is 19.4. The summed E-state index contributed by atoms with van der Waals surface area (Å²) in [6, 6.07) is 7.85. The maximum Gasteiger partial charge on any atom is 0.416 e. The Morgan fingerprint density at radius 2 is 1.67 bits per heavy atom. The maximum atomic E-state index is 12.7. The number of nitrogen functional groups attached to an aromatic ring is 1. The number of nitrogens with two attached hydrogens (primary N) is 1. The molecular formula is C16H11F3N4O. The lowest BCUT2D eigenvalue weighted by Gasteiger charge is -2.09. The molecule has 5 nitrogen and oxygen atoms in total. The molecule has 0 aliphatic rings. The summed E-state index contributed by atoms with van der Waals surface area (Å²) in [5.74, 6) is 0.363. The molecule has 0 aliphatic carbocycles. The molecule has 8 heteroatoms. The molecule has 0 aliphatic heterocycles. The highest BCUT2D eigenvalue weighted by molar-refractivity contribution is 5.63. The molecule has 3 aromatic rings. The van der Waals surface area contributed by atoms with Crippen molar-refractivity contribution in [2.45, 2.75) is 6.18 Å². The number of nitrogens with zero attached hydrogens (tertiary/aromatic N) is 3. The molecule has 0 saturated heterocycles. The Hall–Kier alpha value is -3.16. The van der Waals surface area contributed by atoms with Gasteiger partial charge in [0.2, 0.25) is 0 Å². The second-order valence-corrected chi connectivity index (χ2v) is 4.85. The standard InChI is InChI=1S/C16H11F3N4O/c17-16(18,19)12-2-1-3-13(7-12)24-15-22-8-11(9-23-15)10-4-5-21-14(20)6-10/h1-9H,(H2,20,21). The molecular weight excluding hydrogens is 321 g/mol. The van der Waals surface area contributed by atoms with Gasteiger partial charge in [-0.3, -0.25) is 0 Å². The largest absolute Gasteiger partial charge is 0.424 e. The average molecular weight is 332 g/mol. The molecule has 0 amide bonds. The SMILES string of the molecule is Nc1cc(-c2cnc(Oc3cccc(C(F)(F)F)c3)nc2)ccn1. The average Bonchev–Trinajstić information content (AvgIpc) is 2.55. The van der Waals surface area contributed by atoms with Crippen molar-refractivity contribution in [1.82, 2.24) is 15.0 Å². The van der Waals surface area contributed by atoms with Crippen molar-refractivity contribution >= 4 is 5.82 Å². The van der Waals surface area contributed by atoms with Crippen molar-refractivity contribution in [3.05, 3.63) is 60.6 Å². The molecule has 0 radical (unpaired) electrons. The predicted octanol–water partition coefficient (Wildman–Crippen LogP) is 3.93. The minimum Gasteiger partial charge on any atom is -0.424 e. The zero-order valence-electron chi connectivity index (χ0n) is 12.2. The van der Waals surface area contributed by atoms with Crippen LogP contribution in [0.1, 0.15) is 5.56 Å². The van der Waals surface area contributed by atoms with E-state index in [1.807, 2.05) is 0 Å². The summed E-state index contributed by atoms with van der Waals surface area (Å²) < 4.78 is 43.3. The van der Waals surface area contributed by atoms with Crippen molar-refractivity contribution in [3.8, 4) is 22.9 Å². The summed E-state index contributed by atoms with van der Waals surface area (Å²) in [5, 5.41) is 0. The summed E-state index contributed by atoms with van der Waals surface area (Å²) in [6.45, 7) is 0. The minimum atomic E-state index is -4.44. The number of hydrogen-bond acceptors (Lipinski definition) is 5. The van der Waals surface area contributed by atoms with Gasteiger partial charge in [0, 0.05) is 24.2 Å². The van der Waals surface area contributed by atoms with Crippen LogP contribution >= 0.6 is 0 Å². The normalized spacial score (nSPS) is 11.3. The second-order valence-electron chi connectivity index (χ2n) is 4.85. The summed E-state index contributed by atoms with van der Waals surface area (Å²) >= 11 is 0. The predicted molar refractivity (Wildman–Crippen MR) is 81.2 cm³/mol. The summed E-state index contributed by atoms with van der Waals surface area (Å²) in [7, 11) is 0. The van der Waals surface area contributed by atoms with Crippen LogP contribution < -0.4 is 10.5 Å². The van der Waals surface area contributed by atoms with E-state index in [2.05, 4.69) is 15.0 Å². The zero-order valence-corrected chi connectivity index (χ0v) is 12.2. The number of alkyl halides is 3. The Bertz CT molecular complexity index is 850. The van der Waals surface area contributed by atoms with Crippen LogP contribution in [0.3, 0.4) is 0 Å². The molecule has 0 saturated carbocycles. The van der Waals surface area contributed by atoms with Gasteiger partial charge in [0.05, 0.1) is 5.56 Å². The quantitative estimate of drug-likeness (QED) is 0.786. The number of hydrogen-bond donors (Lipinski definition) is 1. The molecule has 122 valence electrons. The van der Waals surface area contributed by atoms with E-state index in [1.165, 1.54) is 24.5 Å². The number of halogens is 3. The molecule has 2 aromatic heterocycles. The van der Waals surface area contributed by atoms with Gasteiger partial charge in [0.15, 0.2) is 0 Å². The fourth-order valence-corrected chi connectivity index (χ4v) is 1.99. The van der Waals surface area contributed by atoms with Gasteiger partial charge < -0.3 is 10.5 Å². The van der Waals surface area contributed by atoms with Gasteiger partial charge in [-0.05, 0) is 35.9 Å². The summed E-state index contributed by atoms with van der Waals surface area (Å²) in [6.07, 6.45) is 0.0957. The fourth-order valence-electron chi connectivity index (χ4n) is 1.99. The van der Waals surface area contributed by atoms with Crippen molar-refractivity contribution in [3.63, 3.8) is 0 Å². The van der Waals surface area contributed by atoms with Crippen molar-refractivity contribution in [1.29, 1.82) is 0 Å². The highest BCUT2D eigenvalue weighted by Crippen LogP contribution is 2.32. The minimum absolute atomic E-state index is 0.00531. The topological polar surface area (TPSA) is 73.9 Å². The van der Waals surface area contributed by atoms with Crippen molar-refractivity contribution < 1.29 is 17.9 Å². The molecule has 0 bridgehead atoms. The van der Waals surface area contributed by atoms with Gasteiger partial charge in [-0.2, -0.15) is 13.2 Å². The third-order valence-electron chi connectivity index (χ3n) is 3.11. The maximum absolute atomic E-state index is 12.7. The first kappa shape index (κ1) is 15.7. The lowest BCUT2D eigenvalue weighted by molar-refractivity contribution is -0.137. The Kier molecular flexibility index (Phi) is 4.03. The van der Waals surface area contributed by atoms with Crippen LogP contribution in [0.4, 0.5) is 19.0 Å². The van der Waals surface area contributed by atoms with E-state index < -0.39 is 11.7 Å². The summed E-state index contributed by atoms with van der Waals surface area (Å²) in [5.41, 5.74) is 6.26. The van der Waals surface area contributed by atoms with Crippen LogP contribution in [0.2, 0.25) is 0 Å². The lowest BCUT2D eigenvalue weighted by Crippen LogP contribution is -2.04. The molecule has 0 fully saturated rings. The van der Waals surface area contributed by atoms with Gasteiger partial charge in [0.1, 0.15) is 11.6 Å². The van der Waals surface area contributed by atoms with Crippen LogP contribution in [0.15, 0.2) is 55.0 Å². The van der Waals surface area contributed by atoms with E-state index in [1.54, 1.807) is 18.3 Å². The third-order valence-corrected chi connectivity index (χ3v) is 3.11.